The number of ether oxygens (including phenoxy) is 1. The van der Waals surface area contributed by atoms with Crippen LogP contribution in [-0.4, -0.2) is 83.2 Å². The van der Waals surface area contributed by atoms with Gasteiger partial charge in [-0.2, -0.15) is 0 Å². The first-order valence-electron chi connectivity index (χ1n) is 14.1. The summed E-state index contributed by atoms with van der Waals surface area (Å²) in [5.41, 5.74) is 4.90. The third-order valence-corrected chi connectivity index (χ3v) is 6.86. The molecule has 2 amide bonds. The smallest absolute Gasteiger partial charge is 0.243 e. The summed E-state index contributed by atoms with van der Waals surface area (Å²) in [6.07, 6.45) is 5.50. The summed E-state index contributed by atoms with van der Waals surface area (Å²) >= 11 is 0. The van der Waals surface area contributed by atoms with Crippen molar-refractivity contribution >= 4 is 29.1 Å². The van der Waals surface area contributed by atoms with Gasteiger partial charge in [0.2, 0.25) is 17.8 Å². The summed E-state index contributed by atoms with van der Waals surface area (Å²) in [4.78, 5) is 37.0. The van der Waals surface area contributed by atoms with E-state index in [1.807, 2.05) is 54.6 Å². The summed E-state index contributed by atoms with van der Waals surface area (Å²) in [5, 5.41) is 14.7. The fourth-order valence-corrected chi connectivity index (χ4v) is 4.49. The van der Waals surface area contributed by atoms with Gasteiger partial charge < -0.3 is 20.3 Å². The average molecular weight is 562 g/mol. The van der Waals surface area contributed by atoms with Crippen LogP contribution >= 0.6 is 0 Å². The van der Waals surface area contributed by atoms with E-state index in [0.29, 0.717) is 25.5 Å². The molecule has 1 aromatic heterocycles. The van der Waals surface area contributed by atoms with E-state index in [1.54, 1.807) is 11.7 Å². The molecular weight excluding hydrogens is 522 g/mol. The second kappa shape index (κ2) is 15.7. The minimum absolute atomic E-state index is 0.00765. The molecule has 1 fully saturated rings. The van der Waals surface area contributed by atoms with Crippen molar-refractivity contribution in [3.05, 3.63) is 60.8 Å². The molecule has 3 aromatic rings. The Labute approximate surface area is 240 Å². The number of carbonyl (C=O) groups excluding carboxylic acids is 2. The standard InChI is InChI=1S/C30H39N7O4/c1-36-16-18-37(19-17-36)22-29(39)32-24-12-10-23(11-13-24)27-14-15-31-30(34-27)33-25-7-6-8-26(21-25)41-20-5-3-2-4-9-28(38)35-40/h6-8,10-15,21,40H,2-5,9,16-20,22H2,1H3,(H,32,39)(H,35,38)(H,31,33,34). The van der Waals surface area contributed by atoms with E-state index in [1.165, 1.54) is 0 Å². The fraction of sp³-hybridized carbons (Fsp3) is 0.400. The minimum Gasteiger partial charge on any atom is -0.494 e. The number of amides is 2. The molecule has 0 bridgehead atoms. The number of likely N-dealkylation sites (N-methyl/N-ethyl adjacent to an activating group) is 1. The molecule has 1 aliphatic rings. The number of nitrogens with zero attached hydrogens (tertiary/aromatic N) is 4. The highest BCUT2D eigenvalue weighted by Crippen LogP contribution is 2.23. The molecule has 0 radical (unpaired) electrons. The zero-order valence-electron chi connectivity index (χ0n) is 23.5. The molecule has 0 atom stereocenters. The lowest BCUT2D eigenvalue weighted by Gasteiger charge is -2.31. The molecule has 11 heteroatoms. The lowest BCUT2D eigenvalue weighted by molar-refractivity contribution is -0.129. The van der Waals surface area contributed by atoms with E-state index in [9.17, 15) is 9.59 Å². The number of hydrogen-bond donors (Lipinski definition) is 4. The molecule has 1 aliphatic heterocycles. The van der Waals surface area contributed by atoms with Crippen molar-refractivity contribution in [1.82, 2.24) is 25.2 Å². The van der Waals surface area contributed by atoms with Gasteiger partial charge in [-0.1, -0.05) is 31.0 Å². The Bertz CT molecular complexity index is 1260. The highest BCUT2D eigenvalue weighted by Gasteiger charge is 2.16. The Balaban J connectivity index is 1.24. The molecular formula is C30H39N7O4. The number of carbonyl (C=O) groups is 2. The van der Waals surface area contributed by atoms with Crippen LogP contribution in [0.25, 0.3) is 11.3 Å². The number of hydrogen-bond acceptors (Lipinski definition) is 9. The molecule has 41 heavy (non-hydrogen) atoms. The SMILES string of the molecule is CN1CCN(CC(=O)Nc2ccc(-c3ccnc(Nc4cccc(OCCCCCCC(=O)NO)c4)n3)cc2)CC1. The highest BCUT2D eigenvalue weighted by atomic mass is 16.5. The van der Waals surface area contributed by atoms with Crippen LogP contribution in [0.15, 0.2) is 60.8 Å². The fourth-order valence-electron chi connectivity index (χ4n) is 4.49. The summed E-state index contributed by atoms with van der Waals surface area (Å²) in [5.74, 6) is 0.856. The molecule has 0 saturated carbocycles. The van der Waals surface area contributed by atoms with Gasteiger partial charge >= 0.3 is 0 Å². The first kappa shape index (κ1) is 29.9. The van der Waals surface area contributed by atoms with Gasteiger partial charge in [0, 0.05) is 61.8 Å². The van der Waals surface area contributed by atoms with E-state index in [4.69, 9.17) is 9.94 Å². The first-order valence-corrected chi connectivity index (χ1v) is 14.1. The van der Waals surface area contributed by atoms with Crippen LogP contribution in [0.1, 0.15) is 32.1 Å². The van der Waals surface area contributed by atoms with E-state index in [2.05, 4.69) is 37.4 Å². The number of rotatable bonds is 14. The lowest BCUT2D eigenvalue weighted by Crippen LogP contribution is -2.47. The van der Waals surface area contributed by atoms with Gasteiger partial charge in [0.1, 0.15) is 5.75 Å². The Kier molecular flexibility index (Phi) is 11.4. The van der Waals surface area contributed by atoms with Crippen molar-refractivity contribution in [3.63, 3.8) is 0 Å². The van der Waals surface area contributed by atoms with E-state index >= 15 is 0 Å². The van der Waals surface area contributed by atoms with Crippen molar-refractivity contribution in [3.8, 4) is 17.0 Å². The molecule has 4 rings (SSSR count). The number of hydroxylamine groups is 1. The third kappa shape index (κ3) is 10.1. The van der Waals surface area contributed by atoms with Gasteiger partial charge in [0.05, 0.1) is 18.8 Å². The predicted molar refractivity (Wildman–Crippen MR) is 158 cm³/mol. The topological polar surface area (TPSA) is 132 Å². The summed E-state index contributed by atoms with van der Waals surface area (Å²) in [6.45, 7) is 4.75. The van der Waals surface area contributed by atoms with Crippen molar-refractivity contribution in [1.29, 1.82) is 0 Å². The maximum absolute atomic E-state index is 12.5. The lowest BCUT2D eigenvalue weighted by atomic mass is 10.1. The van der Waals surface area contributed by atoms with Crippen molar-refractivity contribution in [2.24, 2.45) is 0 Å². The van der Waals surface area contributed by atoms with E-state index < -0.39 is 0 Å². The van der Waals surface area contributed by atoms with Crippen LogP contribution in [0, 0.1) is 0 Å². The largest absolute Gasteiger partial charge is 0.494 e. The molecule has 11 nitrogen and oxygen atoms in total. The van der Waals surface area contributed by atoms with Crippen molar-refractivity contribution < 1.29 is 19.5 Å². The Morgan fingerprint density at radius 1 is 0.927 bits per heavy atom. The van der Waals surface area contributed by atoms with Crippen LogP contribution in [0.2, 0.25) is 0 Å². The molecule has 4 N–H and O–H groups in total. The van der Waals surface area contributed by atoms with Crippen LogP contribution in [0.3, 0.4) is 0 Å². The van der Waals surface area contributed by atoms with Gasteiger partial charge in [0.25, 0.3) is 0 Å². The van der Waals surface area contributed by atoms with Gasteiger partial charge in [-0.3, -0.25) is 19.7 Å². The molecule has 2 aromatic carbocycles. The maximum Gasteiger partial charge on any atom is 0.243 e. The van der Waals surface area contributed by atoms with Crippen molar-refractivity contribution in [2.75, 3.05) is 57.0 Å². The monoisotopic (exact) mass is 561 g/mol. The van der Waals surface area contributed by atoms with Gasteiger partial charge in [-0.05, 0) is 50.2 Å². The second-order valence-electron chi connectivity index (χ2n) is 10.2. The van der Waals surface area contributed by atoms with Crippen molar-refractivity contribution in [2.45, 2.75) is 32.1 Å². The molecule has 0 spiro atoms. The molecule has 1 saturated heterocycles. The van der Waals surface area contributed by atoms with Crippen LogP contribution in [0.4, 0.5) is 17.3 Å². The van der Waals surface area contributed by atoms with Crippen LogP contribution < -0.4 is 20.9 Å². The molecule has 2 heterocycles. The molecule has 0 aliphatic carbocycles. The number of unbranched alkanes of at least 4 members (excludes halogenated alkanes) is 3. The number of anilines is 3. The van der Waals surface area contributed by atoms with Crippen LogP contribution in [-0.2, 0) is 9.59 Å². The third-order valence-electron chi connectivity index (χ3n) is 6.86. The highest BCUT2D eigenvalue weighted by molar-refractivity contribution is 5.92. The summed E-state index contributed by atoms with van der Waals surface area (Å²) in [6, 6.07) is 17.1. The van der Waals surface area contributed by atoms with Gasteiger partial charge in [0.15, 0.2) is 0 Å². The minimum atomic E-state index is -0.351. The van der Waals surface area contributed by atoms with E-state index in [-0.39, 0.29) is 11.8 Å². The van der Waals surface area contributed by atoms with E-state index in [0.717, 1.165) is 80.2 Å². The number of benzene rings is 2. The second-order valence-corrected chi connectivity index (χ2v) is 10.2. The Hall–Kier alpha value is -4.06. The summed E-state index contributed by atoms with van der Waals surface area (Å²) in [7, 11) is 2.10. The maximum atomic E-state index is 12.5. The molecule has 218 valence electrons. The number of nitrogens with one attached hydrogen (secondary N) is 3. The number of piperazine rings is 1. The normalized spacial score (nSPS) is 13.9. The number of aromatic nitrogens is 2. The quantitative estimate of drug-likeness (QED) is 0.131. The Morgan fingerprint density at radius 2 is 1.71 bits per heavy atom. The first-order chi connectivity index (χ1) is 20.0. The predicted octanol–water partition coefficient (Wildman–Crippen LogP) is 3.91. The zero-order valence-corrected chi connectivity index (χ0v) is 23.5. The average Bonchev–Trinajstić information content (AvgIpc) is 2.98. The van der Waals surface area contributed by atoms with Gasteiger partial charge in [-0.25, -0.2) is 15.4 Å². The molecule has 0 unspecified atom stereocenters. The Morgan fingerprint density at radius 3 is 2.49 bits per heavy atom. The van der Waals surface area contributed by atoms with Gasteiger partial charge in [-0.15, -0.1) is 0 Å². The summed E-state index contributed by atoms with van der Waals surface area (Å²) < 4.78 is 5.88. The van der Waals surface area contributed by atoms with Crippen LogP contribution in [0.5, 0.6) is 5.75 Å². The zero-order chi connectivity index (χ0) is 28.9.